The second-order valence-electron chi connectivity index (χ2n) is 5.65. The van der Waals surface area contributed by atoms with Gasteiger partial charge in [-0.25, -0.2) is 0 Å². The van der Waals surface area contributed by atoms with Crippen LogP contribution in [0.2, 0.25) is 0 Å². The minimum Gasteiger partial charge on any atom is -0.469 e. The summed E-state index contributed by atoms with van der Waals surface area (Å²) in [5.74, 6) is -0.134. The SMILES string of the molecule is COC(=O)CCC/C=C\C/C=C\C=C/CC/C=C\CCCCCO. The molecule has 0 saturated heterocycles. The Balaban J connectivity index is 3.42. The number of carbonyl (C=O) groups excluding carboxylic acids is 1. The number of ether oxygens (including phenoxy) is 1. The van der Waals surface area contributed by atoms with E-state index >= 15 is 0 Å². The van der Waals surface area contributed by atoms with Gasteiger partial charge in [-0.3, -0.25) is 4.79 Å². The van der Waals surface area contributed by atoms with Crippen molar-refractivity contribution in [2.45, 2.75) is 64.2 Å². The second kappa shape index (κ2) is 19.4. The Bertz CT molecular complexity index is 392. The second-order valence-corrected chi connectivity index (χ2v) is 5.65. The molecule has 0 aromatic heterocycles. The van der Waals surface area contributed by atoms with Crippen LogP contribution in [0.5, 0.6) is 0 Å². The quantitative estimate of drug-likeness (QED) is 0.192. The average molecular weight is 335 g/mol. The molecule has 136 valence electrons. The number of methoxy groups -OCH3 is 1. The number of unbranched alkanes of at least 4 members (excludes halogenated alkanes) is 5. The molecule has 0 heterocycles. The van der Waals surface area contributed by atoms with Crippen molar-refractivity contribution in [2.24, 2.45) is 0 Å². The van der Waals surface area contributed by atoms with E-state index in [0.717, 1.165) is 51.4 Å². The normalized spacial score (nSPS) is 12.2. The molecule has 3 nitrogen and oxygen atoms in total. The number of aliphatic hydroxyl groups is 1. The highest BCUT2D eigenvalue weighted by Crippen LogP contribution is 2.02. The Hall–Kier alpha value is -1.61. The lowest BCUT2D eigenvalue weighted by Crippen LogP contribution is -1.98. The summed E-state index contributed by atoms with van der Waals surface area (Å²) < 4.78 is 4.59. The van der Waals surface area contributed by atoms with Gasteiger partial charge in [-0.2, -0.15) is 0 Å². The third-order valence-corrected chi connectivity index (χ3v) is 3.50. The zero-order valence-electron chi connectivity index (χ0n) is 15.2. The number of allylic oxidation sites excluding steroid dienone is 8. The summed E-state index contributed by atoms with van der Waals surface area (Å²) in [7, 11) is 1.42. The molecule has 0 rings (SSSR count). The lowest BCUT2D eigenvalue weighted by Gasteiger charge is -1.95. The largest absolute Gasteiger partial charge is 0.469 e. The van der Waals surface area contributed by atoms with E-state index in [2.05, 4.69) is 53.3 Å². The van der Waals surface area contributed by atoms with Crippen LogP contribution in [0.3, 0.4) is 0 Å². The van der Waals surface area contributed by atoms with Gasteiger partial charge in [-0.1, -0.05) is 55.0 Å². The fourth-order valence-electron chi connectivity index (χ4n) is 2.07. The van der Waals surface area contributed by atoms with E-state index < -0.39 is 0 Å². The van der Waals surface area contributed by atoms with Crippen LogP contribution in [0.15, 0.2) is 48.6 Å². The number of rotatable bonds is 15. The fraction of sp³-hybridized carbons (Fsp3) is 0.571. The maximum Gasteiger partial charge on any atom is 0.305 e. The van der Waals surface area contributed by atoms with Crippen LogP contribution in [-0.2, 0) is 9.53 Å². The molecule has 0 amide bonds. The van der Waals surface area contributed by atoms with Crippen LogP contribution in [0, 0.1) is 0 Å². The maximum absolute atomic E-state index is 10.9. The van der Waals surface area contributed by atoms with Crippen LogP contribution in [-0.4, -0.2) is 24.8 Å². The van der Waals surface area contributed by atoms with E-state index in [1.165, 1.54) is 13.5 Å². The van der Waals surface area contributed by atoms with E-state index in [0.29, 0.717) is 13.0 Å². The molecular formula is C21H34O3. The van der Waals surface area contributed by atoms with E-state index in [-0.39, 0.29) is 5.97 Å². The highest BCUT2D eigenvalue weighted by atomic mass is 16.5. The Kier molecular flexibility index (Phi) is 18.1. The highest BCUT2D eigenvalue weighted by molar-refractivity contribution is 5.69. The molecule has 1 N–H and O–H groups in total. The van der Waals surface area contributed by atoms with Gasteiger partial charge in [0.15, 0.2) is 0 Å². The van der Waals surface area contributed by atoms with Gasteiger partial charge in [0.1, 0.15) is 0 Å². The molecule has 0 bridgehead atoms. The van der Waals surface area contributed by atoms with Gasteiger partial charge in [0, 0.05) is 13.0 Å². The van der Waals surface area contributed by atoms with Crippen molar-refractivity contribution in [3.8, 4) is 0 Å². The third-order valence-electron chi connectivity index (χ3n) is 3.50. The zero-order chi connectivity index (χ0) is 17.7. The number of carbonyl (C=O) groups is 1. The van der Waals surface area contributed by atoms with Gasteiger partial charge in [-0.05, 0) is 51.4 Å². The summed E-state index contributed by atoms with van der Waals surface area (Å²) in [6.45, 7) is 0.313. The number of hydrogen-bond acceptors (Lipinski definition) is 3. The molecule has 24 heavy (non-hydrogen) atoms. The van der Waals surface area contributed by atoms with Gasteiger partial charge in [0.05, 0.1) is 7.11 Å². The standard InChI is InChI=1S/C21H34O3/c1-24-21(23)19-17-15-13-11-9-7-5-3-2-4-6-8-10-12-14-16-18-20-22/h2-3,5,7-8,10-11,13,22H,4,6,9,12,14-20H2,1H3/b3-2-,7-5-,10-8-,13-11-. The first-order chi connectivity index (χ1) is 11.8. The van der Waals surface area contributed by atoms with E-state index in [1.807, 2.05) is 0 Å². The molecule has 3 heteroatoms. The van der Waals surface area contributed by atoms with Crippen molar-refractivity contribution in [1.82, 2.24) is 0 Å². The van der Waals surface area contributed by atoms with Gasteiger partial charge in [0.2, 0.25) is 0 Å². The van der Waals surface area contributed by atoms with Crippen LogP contribution in [0.1, 0.15) is 64.2 Å². The van der Waals surface area contributed by atoms with E-state index in [1.54, 1.807) is 0 Å². The maximum atomic E-state index is 10.9. The summed E-state index contributed by atoms with van der Waals surface area (Å²) in [5.41, 5.74) is 0. The predicted molar refractivity (Wildman–Crippen MR) is 102 cm³/mol. The lowest BCUT2D eigenvalue weighted by molar-refractivity contribution is -0.140. The summed E-state index contributed by atoms with van der Waals surface area (Å²) in [6.07, 6.45) is 26.9. The number of hydrogen-bond donors (Lipinski definition) is 1. The minimum absolute atomic E-state index is 0.134. The van der Waals surface area contributed by atoms with Crippen molar-refractivity contribution < 1.29 is 14.6 Å². The Labute approximate surface area is 147 Å². The zero-order valence-corrected chi connectivity index (χ0v) is 15.2. The molecule has 0 radical (unpaired) electrons. The van der Waals surface area contributed by atoms with E-state index in [9.17, 15) is 4.79 Å². The first kappa shape index (κ1) is 22.4. The molecule has 0 aliphatic heterocycles. The number of esters is 1. The van der Waals surface area contributed by atoms with Crippen LogP contribution < -0.4 is 0 Å². The van der Waals surface area contributed by atoms with Crippen LogP contribution >= 0.6 is 0 Å². The van der Waals surface area contributed by atoms with Gasteiger partial charge in [0.25, 0.3) is 0 Å². The van der Waals surface area contributed by atoms with Crippen molar-refractivity contribution in [2.75, 3.05) is 13.7 Å². The predicted octanol–water partition coefficient (Wildman–Crippen LogP) is 5.28. The molecule has 0 unspecified atom stereocenters. The molecular weight excluding hydrogens is 300 g/mol. The molecule has 0 saturated carbocycles. The van der Waals surface area contributed by atoms with E-state index in [4.69, 9.17) is 5.11 Å². The molecule has 0 aliphatic rings. The van der Waals surface area contributed by atoms with Crippen molar-refractivity contribution in [3.05, 3.63) is 48.6 Å². The topological polar surface area (TPSA) is 46.5 Å². The fourth-order valence-corrected chi connectivity index (χ4v) is 2.07. The minimum atomic E-state index is -0.134. The number of aliphatic hydroxyl groups excluding tert-OH is 1. The van der Waals surface area contributed by atoms with Crippen molar-refractivity contribution in [1.29, 1.82) is 0 Å². The molecule has 0 aromatic carbocycles. The highest BCUT2D eigenvalue weighted by Gasteiger charge is 1.96. The lowest BCUT2D eigenvalue weighted by atomic mass is 10.2. The third kappa shape index (κ3) is 18.4. The summed E-state index contributed by atoms with van der Waals surface area (Å²) in [6, 6.07) is 0. The van der Waals surface area contributed by atoms with Gasteiger partial charge in [-0.15, -0.1) is 0 Å². The van der Waals surface area contributed by atoms with Crippen LogP contribution in [0.4, 0.5) is 0 Å². The average Bonchev–Trinajstić information content (AvgIpc) is 2.60. The molecule has 0 aliphatic carbocycles. The molecule has 0 spiro atoms. The smallest absolute Gasteiger partial charge is 0.305 e. The first-order valence-corrected chi connectivity index (χ1v) is 9.10. The van der Waals surface area contributed by atoms with Crippen molar-refractivity contribution in [3.63, 3.8) is 0 Å². The van der Waals surface area contributed by atoms with Crippen LogP contribution in [0.25, 0.3) is 0 Å². The van der Waals surface area contributed by atoms with Crippen molar-refractivity contribution >= 4 is 5.97 Å². The Morgan fingerprint density at radius 1 is 0.792 bits per heavy atom. The summed E-state index contributed by atoms with van der Waals surface area (Å²) >= 11 is 0. The first-order valence-electron chi connectivity index (χ1n) is 9.10. The van der Waals surface area contributed by atoms with Gasteiger partial charge < -0.3 is 9.84 Å². The molecule has 0 fully saturated rings. The van der Waals surface area contributed by atoms with Gasteiger partial charge >= 0.3 is 5.97 Å². The monoisotopic (exact) mass is 334 g/mol. The Morgan fingerprint density at radius 2 is 1.46 bits per heavy atom. The molecule has 0 atom stereocenters. The molecule has 0 aromatic rings. The Morgan fingerprint density at radius 3 is 2.25 bits per heavy atom. The summed E-state index contributed by atoms with van der Waals surface area (Å²) in [5, 5.41) is 8.67. The summed E-state index contributed by atoms with van der Waals surface area (Å²) in [4.78, 5) is 10.9.